The van der Waals surface area contributed by atoms with Gasteiger partial charge < -0.3 is 15.2 Å². The molecule has 0 amide bonds. The number of benzene rings is 1. The molecule has 2 atom stereocenters. The van der Waals surface area contributed by atoms with Gasteiger partial charge >= 0.3 is 5.97 Å². The Hall–Kier alpha value is -1.26. The van der Waals surface area contributed by atoms with Crippen molar-refractivity contribution in [2.75, 3.05) is 6.61 Å². The monoisotopic (exact) mass is 313 g/mol. The molecule has 0 fully saturated rings. The molecule has 21 heavy (non-hydrogen) atoms. The summed E-state index contributed by atoms with van der Waals surface area (Å²) in [5.41, 5.74) is 6.99. The van der Waals surface area contributed by atoms with E-state index in [1.807, 2.05) is 19.1 Å². The van der Waals surface area contributed by atoms with Gasteiger partial charge in [-0.15, -0.1) is 0 Å². The molecule has 0 saturated carbocycles. The maximum absolute atomic E-state index is 11.7. The number of carbonyl (C=O) groups is 1. The Bertz CT molecular complexity index is 465. The maximum Gasteiger partial charge on any atom is 0.347 e. The molecule has 0 spiro atoms. The van der Waals surface area contributed by atoms with E-state index in [1.54, 1.807) is 13.0 Å². The van der Waals surface area contributed by atoms with Gasteiger partial charge in [0.05, 0.1) is 11.6 Å². The van der Waals surface area contributed by atoms with Crippen LogP contribution in [0.4, 0.5) is 0 Å². The highest BCUT2D eigenvalue weighted by Gasteiger charge is 2.20. The second-order valence-electron chi connectivity index (χ2n) is 4.90. The molecular weight excluding hydrogens is 290 g/mol. The van der Waals surface area contributed by atoms with Crippen LogP contribution in [-0.4, -0.2) is 24.7 Å². The summed E-state index contributed by atoms with van der Waals surface area (Å²) in [7, 11) is 0. The fourth-order valence-corrected chi connectivity index (χ4v) is 2.15. The van der Waals surface area contributed by atoms with Crippen molar-refractivity contribution >= 4 is 17.6 Å². The zero-order chi connectivity index (χ0) is 15.8. The van der Waals surface area contributed by atoms with E-state index in [-0.39, 0.29) is 12.0 Å². The molecular formula is C16H24ClNO3. The lowest BCUT2D eigenvalue weighted by molar-refractivity contribution is -0.151. The molecule has 0 aliphatic rings. The van der Waals surface area contributed by atoms with Crippen LogP contribution in [0, 0.1) is 0 Å². The van der Waals surface area contributed by atoms with Crippen LogP contribution in [0.1, 0.15) is 39.2 Å². The Kier molecular flexibility index (Phi) is 7.54. The van der Waals surface area contributed by atoms with Crippen LogP contribution >= 0.6 is 11.6 Å². The van der Waals surface area contributed by atoms with E-state index in [1.165, 1.54) is 0 Å². The fourth-order valence-electron chi connectivity index (χ4n) is 1.90. The standard InChI is InChI=1S/C16H24ClNO3/c1-4-12(18)9-11-7-8-15(13(17)10-11)21-14(5-2)16(19)20-6-3/h7-8,10,12,14H,4-6,9,18H2,1-3H3. The molecule has 0 radical (unpaired) electrons. The van der Waals surface area contributed by atoms with Crippen LogP contribution in [0.2, 0.25) is 5.02 Å². The molecule has 1 aromatic carbocycles. The Morgan fingerprint density at radius 3 is 2.52 bits per heavy atom. The first-order chi connectivity index (χ1) is 10.0. The lowest BCUT2D eigenvalue weighted by atomic mass is 10.0. The van der Waals surface area contributed by atoms with Crippen LogP contribution in [0.15, 0.2) is 18.2 Å². The molecule has 0 heterocycles. The molecule has 0 aliphatic heterocycles. The Morgan fingerprint density at radius 2 is 2.00 bits per heavy atom. The van der Waals surface area contributed by atoms with Gasteiger partial charge in [0.15, 0.2) is 6.10 Å². The SMILES string of the molecule is CCOC(=O)C(CC)Oc1ccc(CC(N)CC)cc1Cl. The molecule has 0 aliphatic carbocycles. The molecule has 4 nitrogen and oxygen atoms in total. The Morgan fingerprint density at radius 1 is 1.29 bits per heavy atom. The summed E-state index contributed by atoms with van der Waals surface area (Å²) >= 11 is 6.22. The van der Waals surface area contributed by atoms with Crippen molar-refractivity contribution in [2.45, 2.75) is 52.2 Å². The summed E-state index contributed by atoms with van der Waals surface area (Å²) < 4.78 is 10.6. The van der Waals surface area contributed by atoms with Crippen molar-refractivity contribution in [3.63, 3.8) is 0 Å². The maximum atomic E-state index is 11.7. The highest BCUT2D eigenvalue weighted by atomic mass is 35.5. The van der Waals surface area contributed by atoms with Gasteiger partial charge in [0.2, 0.25) is 0 Å². The minimum atomic E-state index is -0.633. The number of nitrogens with two attached hydrogens (primary N) is 1. The smallest absolute Gasteiger partial charge is 0.347 e. The predicted octanol–water partition coefficient (Wildman–Crippen LogP) is 3.34. The number of ether oxygens (including phenoxy) is 2. The molecule has 118 valence electrons. The van der Waals surface area contributed by atoms with Crippen molar-refractivity contribution in [3.8, 4) is 5.75 Å². The number of hydrogen-bond donors (Lipinski definition) is 1. The summed E-state index contributed by atoms with van der Waals surface area (Å²) in [5.74, 6) is 0.124. The first-order valence-corrected chi connectivity index (χ1v) is 7.76. The van der Waals surface area contributed by atoms with Crippen LogP contribution in [0.3, 0.4) is 0 Å². The molecule has 0 saturated heterocycles. The van der Waals surface area contributed by atoms with E-state index in [4.69, 9.17) is 26.8 Å². The summed E-state index contributed by atoms with van der Waals surface area (Å²) in [6.45, 7) is 6.02. The van der Waals surface area contributed by atoms with Gasteiger partial charge in [-0.2, -0.15) is 0 Å². The van der Waals surface area contributed by atoms with Gasteiger partial charge in [0.25, 0.3) is 0 Å². The Balaban J connectivity index is 2.77. The number of rotatable bonds is 8. The summed E-state index contributed by atoms with van der Waals surface area (Å²) in [6.07, 6.45) is 1.58. The minimum Gasteiger partial charge on any atom is -0.477 e. The van der Waals surface area contributed by atoms with Gasteiger partial charge in [-0.05, 0) is 43.9 Å². The first-order valence-electron chi connectivity index (χ1n) is 7.39. The van der Waals surface area contributed by atoms with Crippen molar-refractivity contribution in [3.05, 3.63) is 28.8 Å². The highest BCUT2D eigenvalue weighted by molar-refractivity contribution is 6.32. The molecule has 5 heteroatoms. The van der Waals surface area contributed by atoms with Crippen molar-refractivity contribution < 1.29 is 14.3 Å². The van der Waals surface area contributed by atoms with Gasteiger partial charge in [0, 0.05) is 6.04 Å². The topological polar surface area (TPSA) is 61.5 Å². The van der Waals surface area contributed by atoms with Gasteiger partial charge in [-0.3, -0.25) is 0 Å². The van der Waals surface area contributed by atoms with Crippen LogP contribution in [0.25, 0.3) is 0 Å². The van der Waals surface area contributed by atoms with Crippen LogP contribution in [-0.2, 0) is 16.0 Å². The van der Waals surface area contributed by atoms with Crippen molar-refractivity contribution in [2.24, 2.45) is 5.73 Å². The lowest BCUT2D eigenvalue weighted by Gasteiger charge is -2.17. The largest absolute Gasteiger partial charge is 0.477 e. The first kappa shape index (κ1) is 17.8. The second-order valence-corrected chi connectivity index (χ2v) is 5.31. The van der Waals surface area contributed by atoms with Gasteiger partial charge in [0.1, 0.15) is 5.75 Å². The second kappa shape index (κ2) is 8.90. The van der Waals surface area contributed by atoms with Crippen LogP contribution in [0.5, 0.6) is 5.75 Å². The molecule has 0 aromatic heterocycles. The number of hydrogen-bond acceptors (Lipinski definition) is 4. The third kappa shape index (κ3) is 5.56. The highest BCUT2D eigenvalue weighted by Crippen LogP contribution is 2.27. The van der Waals surface area contributed by atoms with E-state index in [9.17, 15) is 4.79 Å². The third-order valence-electron chi connectivity index (χ3n) is 3.21. The zero-order valence-electron chi connectivity index (χ0n) is 12.9. The third-order valence-corrected chi connectivity index (χ3v) is 3.50. The van der Waals surface area contributed by atoms with E-state index < -0.39 is 6.10 Å². The molecule has 2 N–H and O–H groups in total. The molecule has 0 bridgehead atoms. The van der Waals surface area contributed by atoms with Crippen LogP contribution < -0.4 is 10.5 Å². The summed E-state index contributed by atoms with van der Waals surface area (Å²) in [4.78, 5) is 11.7. The van der Waals surface area contributed by atoms with E-state index >= 15 is 0 Å². The zero-order valence-corrected chi connectivity index (χ0v) is 13.7. The summed E-state index contributed by atoms with van der Waals surface area (Å²) in [5, 5.41) is 0.485. The fraction of sp³-hybridized carbons (Fsp3) is 0.562. The van der Waals surface area contributed by atoms with E-state index in [2.05, 4.69) is 6.92 Å². The van der Waals surface area contributed by atoms with Gasteiger partial charge in [-0.1, -0.05) is 31.5 Å². The number of halogens is 1. The number of esters is 1. The minimum absolute atomic E-state index is 0.121. The summed E-state index contributed by atoms with van der Waals surface area (Å²) in [6, 6.07) is 5.66. The average Bonchev–Trinajstić information content (AvgIpc) is 2.46. The average molecular weight is 314 g/mol. The van der Waals surface area contributed by atoms with Gasteiger partial charge in [-0.25, -0.2) is 4.79 Å². The lowest BCUT2D eigenvalue weighted by Crippen LogP contribution is -2.28. The van der Waals surface area contributed by atoms with E-state index in [0.29, 0.717) is 23.8 Å². The molecule has 2 unspecified atom stereocenters. The Labute approximate surface area is 131 Å². The van der Waals surface area contributed by atoms with Crippen molar-refractivity contribution in [1.82, 2.24) is 0 Å². The molecule has 1 rings (SSSR count). The number of carbonyl (C=O) groups excluding carboxylic acids is 1. The van der Waals surface area contributed by atoms with Crippen molar-refractivity contribution in [1.29, 1.82) is 0 Å². The molecule has 1 aromatic rings. The quantitative estimate of drug-likeness (QED) is 0.748. The normalized spacial score (nSPS) is 13.6. The predicted molar refractivity (Wildman–Crippen MR) is 84.8 cm³/mol. The van der Waals surface area contributed by atoms with E-state index in [0.717, 1.165) is 18.4 Å².